The molecule has 17 rings (SSSR count). The number of ether oxygens (including phenoxy) is 1. The van der Waals surface area contributed by atoms with E-state index in [-0.39, 0.29) is 69.2 Å². The SMILES string of the molecule is CC(C)(C)CC(=O)N1CCC2(CC1)CC2CNC(=O)N1Cc2ccncc2C1.CC(C)(C)CC(=O)N1CCC2(CC1)CC2CNC(=O)c1cc2cnccc2[nH]1.CC(C)(C)OC(=O)N1CCC2(CC1)CC2CNC(=O)c1cc2ccncc2o1.O=C(NCC1CC12CCN(C(=O)Cn1ccnc1)CC2)c1cc2ccncc2o1. The van der Waals surface area contributed by atoms with Gasteiger partial charge in [-0.25, -0.2) is 14.6 Å². The number of piperidine rings is 4. The number of urea groups is 1. The Morgan fingerprint density at radius 1 is 0.460 bits per heavy atom. The van der Waals surface area contributed by atoms with E-state index < -0.39 is 5.60 Å². The Labute approximate surface area is 660 Å². The molecule has 5 N–H and O–H groups in total. The van der Waals surface area contributed by atoms with Crippen LogP contribution in [0.1, 0.15) is 195 Å². The molecule has 602 valence electrons. The van der Waals surface area contributed by atoms with Crippen molar-refractivity contribution < 1.29 is 51.9 Å². The van der Waals surface area contributed by atoms with Crippen LogP contribution in [0.2, 0.25) is 0 Å². The van der Waals surface area contributed by atoms with Crippen LogP contribution >= 0.6 is 0 Å². The molecule has 4 unspecified atom stereocenters. The lowest BCUT2D eigenvalue weighted by Crippen LogP contribution is -2.42. The van der Waals surface area contributed by atoms with E-state index in [1.807, 2.05) is 83.1 Å². The third-order valence-corrected chi connectivity index (χ3v) is 25.2. The van der Waals surface area contributed by atoms with Gasteiger partial charge in [0.1, 0.15) is 17.8 Å². The van der Waals surface area contributed by atoms with Crippen molar-refractivity contribution in [1.29, 1.82) is 0 Å². The van der Waals surface area contributed by atoms with Crippen molar-refractivity contribution in [2.75, 3.05) is 78.5 Å². The van der Waals surface area contributed by atoms with Crippen molar-refractivity contribution in [3.05, 3.63) is 139 Å². The number of aromatic amines is 1. The van der Waals surface area contributed by atoms with E-state index in [2.05, 4.69) is 92.7 Å². The third-order valence-electron chi connectivity index (χ3n) is 25.2. The van der Waals surface area contributed by atoms with Crippen molar-refractivity contribution in [2.45, 2.75) is 177 Å². The number of nitrogens with one attached hydrogen (secondary N) is 5. The van der Waals surface area contributed by atoms with E-state index in [1.165, 1.54) is 12.0 Å². The van der Waals surface area contributed by atoms with E-state index in [4.69, 9.17) is 13.6 Å². The van der Waals surface area contributed by atoms with Crippen molar-refractivity contribution >= 4 is 80.4 Å². The minimum absolute atomic E-state index is 0.0241. The number of fused-ring (bicyclic) bond motifs is 4. The van der Waals surface area contributed by atoms with Gasteiger partial charge >= 0.3 is 12.1 Å². The van der Waals surface area contributed by atoms with Crippen LogP contribution in [0.15, 0.2) is 120 Å². The molecule has 27 nitrogen and oxygen atoms in total. The fourth-order valence-electron chi connectivity index (χ4n) is 17.9. The van der Waals surface area contributed by atoms with E-state index in [9.17, 15) is 38.4 Å². The molecule has 9 aliphatic rings. The monoisotopic (exact) mass is 1540 g/mol. The van der Waals surface area contributed by atoms with Crippen molar-refractivity contribution in [3.63, 3.8) is 0 Å². The van der Waals surface area contributed by atoms with Crippen molar-refractivity contribution in [1.82, 2.24) is 80.2 Å². The number of carbonyl (C=O) groups excluding carboxylic acids is 8. The topological polar surface area (TPSA) is 322 Å². The highest BCUT2D eigenvalue weighted by Crippen LogP contribution is 2.62. The van der Waals surface area contributed by atoms with Gasteiger partial charge in [-0.3, -0.25) is 48.7 Å². The summed E-state index contributed by atoms with van der Waals surface area (Å²) in [7, 11) is 0. The van der Waals surface area contributed by atoms with Crippen LogP contribution in [0, 0.1) is 56.2 Å². The van der Waals surface area contributed by atoms with Gasteiger partial charge in [-0.2, -0.15) is 0 Å². The van der Waals surface area contributed by atoms with Crippen LogP contribution in [-0.4, -0.2) is 191 Å². The molecule has 8 aromatic rings. The molecule has 4 saturated carbocycles. The van der Waals surface area contributed by atoms with E-state index in [1.54, 1.807) is 77.5 Å². The Kier molecular flexibility index (Phi) is 22.7. The minimum Gasteiger partial charge on any atom is -0.449 e. The number of rotatable bonds is 15. The first-order chi connectivity index (χ1) is 53.9. The molecule has 4 aliphatic carbocycles. The fourth-order valence-corrected chi connectivity index (χ4v) is 17.9. The van der Waals surface area contributed by atoms with Crippen LogP contribution in [0.25, 0.3) is 32.8 Å². The highest BCUT2D eigenvalue weighted by atomic mass is 16.6. The van der Waals surface area contributed by atoms with E-state index in [0.717, 1.165) is 157 Å². The summed E-state index contributed by atoms with van der Waals surface area (Å²) in [5.41, 5.74) is 5.91. The molecular weight excluding hydrogens is 1430 g/mol. The highest BCUT2D eigenvalue weighted by molar-refractivity contribution is 5.98. The largest absolute Gasteiger partial charge is 0.449 e. The number of amides is 9. The summed E-state index contributed by atoms with van der Waals surface area (Å²) < 4.78 is 18.4. The first-order valence-electron chi connectivity index (χ1n) is 40.6. The number of likely N-dealkylation sites (tertiary alicyclic amines) is 4. The lowest BCUT2D eigenvalue weighted by atomic mass is 9.88. The highest BCUT2D eigenvalue weighted by Gasteiger charge is 2.58. The Morgan fingerprint density at radius 3 is 1.33 bits per heavy atom. The van der Waals surface area contributed by atoms with Crippen LogP contribution in [0.5, 0.6) is 0 Å². The van der Waals surface area contributed by atoms with Crippen LogP contribution in [0.3, 0.4) is 0 Å². The number of imidazole rings is 1. The second kappa shape index (κ2) is 32.3. The third kappa shape index (κ3) is 19.5. The molecule has 0 bridgehead atoms. The summed E-state index contributed by atoms with van der Waals surface area (Å²) in [4.78, 5) is 132. The maximum Gasteiger partial charge on any atom is 0.410 e. The molecule has 4 spiro atoms. The number of carbonyl (C=O) groups is 8. The number of aromatic nitrogens is 7. The zero-order chi connectivity index (χ0) is 79.7. The molecule has 113 heavy (non-hydrogen) atoms. The van der Waals surface area contributed by atoms with Crippen LogP contribution < -0.4 is 21.3 Å². The number of H-pyrrole nitrogens is 1. The zero-order valence-corrected chi connectivity index (χ0v) is 67.1. The van der Waals surface area contributed by atoms with Gasteiger partial charge < -0.3 is 68.9 Å². The quantitative estimate of drug-likeness (QED) is 0.0637. The summed E-state index contributed by atoms with van der Waals surface area (Å²) in [5, 5.41) is 14.9. The van der Waals surface area contributed by atoms with Gasteiger partial charge in [0.05, 0.1) is 18.7 Å². The molecule has 4 atom stereocenters. The Morgan fingerprint density at radius 2 is 0.885 bits per heavy atom. The number of hydrogen-bond donors (Lipinski definition) is 5. The van der Waals surface area contributed by atoms with Gasteiger partial charge in [0.15, 0.2) is 22.7 Å². The van der Waals surface area contributed by atoms with Gasteiger partial charge in [0, 0.05) is 176 Å². The molecular formula is C86H112N16O11. The molecule has 4 saturated heterocycles. The summed E-state index contributed by atoms with van der Waals surface area (Å²) in [6.45, 7) is 29.2. The molecule has 5 aliphatic heterocycles. The molecule has 9 amide bonds. The number of hydrogen-bond acceptors (Lipinski definition) is 16. The first-order valence-corrected chi connectivity index (χ1v) is 40.6. The van der Waals surface area contributed by atoms with Crippen molar-refractivity contribution in [3.8, 4) is 0 Å². The molecule has 0 radical (unpaired) electrons. The smallest absolute Gasteiger partial charge is 0.410 e. The van der Waals surface area contributed by atoms with Gasteiger partial charge in [0.2, 0.25) is 17.7 Å². The molecule has 27 heteroatoms. The predicted octanol–water partition coefficient (Wildman–Crippen LogP) is 12.2. The second-order valence-electron chi connectivity index (χ2n) is 36.9. The lowest BCUT2D eigenvalue weighted by molar-refractivity contribution is -0.135. The summed E-state index contributed by atoms with van der Waals surface area (Å²) >= 11 is 0. The average molecular weight is 1550 g/mol. The van der Waals surface area contributed by atoms with Crippen LogP contribution in [0.4, 0.5) is 9.59 Å². The number of nitrogens with zero attached hydrogens (tertiary/aromatic N) is 11. The minimum atomic E-state index is -0.467. The Hall–Kier alpha value is -10.2. The average Bonchev–Trinajstić information content (AvgIpc) is 1.61. The van der Waals surface area contributed by atoms with Gasteiger partial charge in [0.25, 0.3) is 17.7 Å². The van der Waals surface area contributed by atoms with Gasteiger partial charge in [-0.05, 0) is 208 Å². The normalized spacial score (nSPS) is 21.3. The summed E-state index contributed by atoms with van der Waals surface area (Å²) in [6.07, 6.45) is 32.6. The summed E-state index contributed by atoms with van der Waals surface area (Å²) in [5.74, 6) is 2.94. The van der Waals surface area contributed by atoms with E-state index >= 15 is 0 Å². The van der Waals surface area contributed by atoms with Gasteiger partial charge in [-0.1, -0.05) is 41.5 Å². The molecule has 8 aromatic heterocycles. The molecule has 13 heterocycles. The maximum atomic E-state index is 12.5. The molecule has 0 aromatic carbocycles. The number of furan rings is 2. The Bertz CT molecular complexity index is 4490. The lowest BCUT2D eigenvalue weighted by Gasteiger charge is -2.34. The number of pyridine rings is 4. The van der Waals surface area contributed by atoms with Crippen LogP contribution in [-0.2, 0) is 38.8 Å². The van der Waals surface area contributed by atoms with E-state index in [0.29, 0.717) is 115 Å². The second-order valence-corrected chi connectivity index (χ2v) is 36.9. The molecule has 8 fully saturated rings. The zero-order valence-electron chi connectivity index (χ0n) is 67.1. The fraction of sp³-hybridized carbons (Fsp3) is 0.570. The predicted molar refractivity (Wildman–Crippen MR) is 425 cm³/mol. The Balaban J connectivity index is 0.000000125. The van der Waals surface area contributed by atoms with Gasteiger partial charge in [-0.15, -0.1) is 0 Å². The maximum absolute atomic E-state index is 12.5. The van der Waals surface area contributed by atoms with Crippen molar-refractivity contribution in [2.24, 2.45) is 56.2 Å². The summed E-state index contributed by atoms with van der Waals surface area (Å²) in [6, 6.07) is 12.9. The first kappa shape index (κ1) is 79.4. The standard InChI is InChI=1S/C22H32N4O2.C22H30N4O2.C21H23N5O3.C21H27N3O4/c1-21(2,3)11-19(27)25-8-5-22(6-9-25)10-18(22)13-24-20(28)26-14-16-4-7-23-12-17(16)15-26;1-21(2,3)12-19(27)26-8-5-22(6-9-26)11-16(22)14-24-20(28)18-10-15-13-23-7-4-17(15)25-18;27-19(13-25-8-5-23-14-25)26-6-2-21(3-7-26)10-16(21)11-24-20(28)17-9-15-1-4-22-12-18(15)29-17;1-20(2,3)28-19(26)24-8-5-21(6-9-24)11-15(21)12-23-18(25)16-10-14-4-7-22-13-17(14)27-16/h4,7,12,18H,5-6,8-11,13-15H2,1-3H3,(H,24,28);4,7,10,13,16,25H,5-6,8-9,11-12,14H2,1-3H3,(H,24,28);1,4-5,8-9,12,14,16H,2-3,6-7,10-11,13H2,(H,24,28);4,7,10,13,15H,5-6,8-9,11-12H2,1-3H3,(H,23,25).